The number of aryl methyl sites for hydroxylation is 2. The summed E-state index contributed by atoms with van der Waals surface area (Å²) < 4.78 is 0. The minimum absolute atomic E-state index is 0.788. The summed E-state index contributed by atoms with van der Waals surface area (Å²) in [6, 6.07) is 4.53. The van der Waals surface area contributed by atoms with Gasteiger partial charge in [-0.2, -0.15) is 0 Å². The molecule has 0 saturated carbocycles. The van der Waals surface area contributed by atoms with E-state index in [2.05, 4.69) is 109 Å². The number of nitrogens with zero attached hydrogens (tertiary/aromatic N) is 2. The third-order valence-electron chi connectivity index (χ3n) is 5.76. The minimum Gasteiger partial charge on any atom is -0.258 e. The smallest absolute Gasteiger partial charge is 0.0482 e. The van der Waals surface area contributed by atoms with Gasteiger partial charge in [0.2, 0.25) is 0 Å². The van der Waals surface area contributed by atoms with E-state index in [9.17, 15) is 0 Å². The summed E-state index contributed by atoms with van der Waals surface area (Å²) in [6.45, 7) is 6.03. The number of hydrogen-bond donors (Lipinski definition) is 0. The first-order chi connectivity index (χ1) is 18.1. The topological polar surface area (TPSA) is 25.2 Å². The van der Waals surface area contributed by atoms with Gasteiger partial charge in [-0.3, -0.25) is 4.98 Å². The van der Waals surface area contributed by atoms with Crippen LogP contribution in [0.4, 0.5) is 0 Å². The number of hydrogen-bond acceptors (Lipinski definition) is 2. The van der Waals surface area contributed by atoms with Gasteiger partial charge in [-0.25, -0.2) is 4.99 Å². The molecule has 3 rings (SSSR count). The lowest BCUT2D eigenvalue weighted by atomic mass is 9.96. The van der Waals surface area contributed by atoms with E-state index in [1.165, 1.54) is 11.1 Å². The van der Waals surface area contributed by atoms with Crippen molar-refractivity contribution in [3.63, 3.8) is 0 Å². The van der Waals surface area contributed by atoms with Crippen LogP contribution in [0, 0.1) is 38.2 Å². The van der Waals surface area contributed by atoms with Crippen molar-refractivity contribution < 1.29 is 0 Å². The van der Waals surface area contributed by atoms with Gasteiger partial charge in [0.1, 0.15) is 0 Å². The maximum atomic E-state index is 5.39. The number of terminal acetylenes is 1. The lowest BCUT2D eigenvalue weighted by Gasteiger charge is -2.12. The quantitative estimate of drug-likeness (QED) is 0.218. The normalized spacial score (nSPS) is 22.5. The summed E-state index contributed by atoms with van der Waals surface area (Å²) in [4.78, 5) is 8.82. The standard InChI is InChI=1S/C35H34N2/c1-5-36-28(2)25-32(27-31-19-13-9-6-7-10-14-20-31)21-17-18-24-34-30(4)37-29(3)26-35(34)33-22-15-11-8-12-16-23-33/h1,8,11-13,15-26H,9-10,14,27H2,2-4H3/b11-8+,12-8?,15-11?,16-12+,19-13-,21-17+,22-15-,23-16?,24-18-,31-20+,32-25+,33-22?,33-23+,36-28-. The molecule has 184 valence electrons. The van der Waals surface area contributed by atoms with Crippen LogP contribution in [-0.4, -0.2) is 10.7 Å². The zero-order valence-corrected chi connectivity index (χ0v) is 22.0. The van der Waals surface area contributed by atoms with Gasteiger partial charge < -0.3 is 0 Å². The van der Waals surface area contributed by atoms with Gasteiger partial charge in [-0.05, 0) is 68.0 Å². The zero-order valence-electron chi connectivity index (χ0n) is 22.0. The lowest BCUT2D eigenvalue weighted by molar-refractivity contribution is 1.05. The molecule has 0 aliphatic heterocycles. The van der Waals surface area contributed by atoms with Crippen molar-refractivity contribution in [3.8, 4) is 24.3 Å². The van der Waals surface area contributed by atoms with Gasteiger partial charge in [0.25, 0.3) is 0 Å². The first kappa shape index (κ1) is 27.2. The second kappa shape index (κ2) is 14.9. The molecular weight excluding hydrogens is 448 g/mol. The Balaban J connectivity index is 1.89. The van der Waals surface area contributed by atoms with Crippen LogP contribution >= 0.6 is 0 Å². The Hall–Kier alpha value is -4.40. The van der Waals surface area contributed by atoms with E-state index < -0.39 is 0 Å². The van der Waals surface area contributed by atoms with Gasteiger partial charge in [-0.1, -0.05) is 97.4 Å². The predicted octanol–water partition coefficient (Wildman–Crippen LogP) is 8.37. The van der Waals surface area contributed by atoms with Gasteiger partial charge >= 0.3 is 0 Å². The molecule has 1 heterocycles. The monoisotopic (exact) mass is 482 g/mol. The minimum atomic E-state index is 0.788. The van der Waals surface area contributed by atoms with Crippen LogP contribution in [0.25, 0.3) is 11.6 Å². The molecule has 1 aromatic rings. The third kappa shape index (κ3) is 9.29. The van der Waals surface area contributed by atoms with Crippen molar-refractivity contribution in [2.24, 2.45) is 4.99 Å². The summed E-state index contributed by atoms with van der Waals surface area (Å²) in [6.07, 6.45) is 40.4. The maximum absolute atomic E-state index is 5.39. The Morgan fingerprint density at radius 3 is 2.81 bits per heavy atom. The summed E-state index contributed by atoms with van der Waals surface area (Å²) in [7, 11) is 0. The van der Waals surface area contributed by atoms with Crippen molar-refractivity contribution in [2.45, 2.75) is 46.5 Å². The molecule has 0 spiro atoms. The molecule has 2 aliphatic carbocycles. The number of allylic oxidation sites excluding steroid dienone is 17. The predicted molar refractivity (Wildman–Crippen MR) is 161 cm³/mol. The molecule has 0 radical (unpaired) electrons. The van der Waals surface area contributed by atoms with Gasteiger partial charge in [-0.15, -0.1) is 5.92 Å². The molecule has 0 amide bonds. The number of pyridine rings is 1. The Bertz CT molecular complexity index is 1390. The van der Waals surface area contributed by atoms with E-state index >= 15 is 0 Å². The van der Waals surface area contributed by atoms with Crippen molar-refractivity contribution >= 4 is 17.4 Å². The van der Waals surface area contributed by atoms with Crippen LogP contribution in [0.2, 0.25) is 0 Å². The van der Waals surface area contributed by atoms with Gasteiger partial charge in [0.05, 0.1) is 0 Å². The Kier molecular flexibility index (Phi) is 10.9. The Labute approximate surface area is 222 Å². The first-order valence-electron chi connectivity index (χ1n) is 12.6. The molecule has 0 unspecified atom stereocenters. The molecule has 2 nitrogen and oxygen atoms in total. The molecule has 0 atom stereocenters. The van der Waals surface area contributed by atoms with E-state index in [0.717, 1.165) is 59.5 Å². The average Bonchev–Trinajstić information content (AvgIpc) is 2.96. The van der Waals surface area contributed by atoms with Crippen LogP contribution in [0.5, 0.6) is 0 Å². The van der Waals surface area contributed by atoms with Crippen LogP contribution in [-0.2, 0) is 0 Å². The summed E-state index contributed by atoms with van der Waals surface area (Å²) >= 11 is 0. The molecule has 0 bridgehead atoms. The SMILES string of the molecule is C#C\N=C(C)/C=C(\C=C\C=C/c1c(C2=C/C=C/C=C/C=C\2)cc(C)nc1C)CC1=C/CCC#CC/C=C\1. The molecule has 2 heteroatoms. The molecule has 0 N–H and O–H groups in total. The van der Waals surface area contributed by atoms with Crippen molar-refractivity contribution in [3.05, 3.63) is 125 Å². The molecule has 37 heavy (non-hydrogen) atoms. The average molecular weight is 483 g/mol. The van der Waals surface area contributed by atoms with E-state index in [4.69, 9.17) is 11.4 Å². The van der Waals surface area contributed by atoms with E-state index in [1.807, 2.05) is 32.1 Å². The fourth-order valence-electron chi connectivity index (χ4n) is 4.12. The highest BCUT2D eigenvalue weighted by Crippen LogP contribution is 2.26. The second-order valence-electron chi connectivity index (χ2n) is 8.84. The largest absolute Gasteiger partial charge is 0.258 e. The highest BCUT2D eigenvalue weighted by Gasteiger charge is 2.09. The van der Waals surface area contributed by atoms with Crippen molar-refractivity contribution in [1.82, 2.24) is 4.98 Å². The van der Waals surface area contributed by atoms with Crippen LogP contribution < -0.4 is 0 Å². The molecule has 0 fully saturated rings. The van der Waals surface area contributed by atoms with E-state index in [0.29, 0.717) is 0 Å². The van der Waals surface area contributed by atoms with Crippen LogP contribution in [0.3, 0.4) is 0 Å². The zero-order chi connectivity index (χ0) is 26.3. The van der Waals surface area contributed by atoms with Gasteiger partial charge in [0.15, 0.2) is 0 Å². The highest BCUT2D eigenvalue weighted by molar-refractivity contribution is 5.94. The lowest BCUT2D eigenvalue weighted by Crippen LogP contribution is -1.97. The maximum Gasteiger partial charge on any atom is 0.0482 e. The molecule has 1 aromatic heterocycles. The number of rotatable bonds is 7. The van der Waals surface area contributed by atoms with E-state index in [1.54, 1.807) is 0 Å². The number of aromatic nitrogens is 1. The van der Waals surface area contributed by atoms with Gasteiger partial charge in [0, 0.05) is 41.5 Å². The summed E-state index contributed by atoms with van der Waals surface area (Å²) in [5, 5.41) is 0. The molecule has 0 aromatic carbocycles. The van der Waals surface area contributed by atoms with Crippen molar-refractivity contribution in [2.75, 3.05) is 0 Å². The molecular formula is C35H34N2. The van der Waals surface area contributed by atoms with E-state index in [-0.39, 0.29) is 0 Å². The van der Waals surface area contributed by atoms with Crippen LogP contribution in [0.15, 0.2) is 107 Å². The van der Waals surface area contributed by atoms with Crippen LogP contribution in [0.1, 0.15) is 55.1 Å². The Morgan fingerprint density at radius 1 is 1.11 bits per heavy atom. The second-order valence-corrected chi connectivity index (χ2v) is 8.84. The fraction of sp³-hybridized carbons (Fsp3) is 0.200. The fourth-order valence-corrected chi connectivity index (χ4v) is 4.12. The first-order valence-corrected chi connectivity index (χ1v) is 12.6. The summed E-state index contributed by atoms with van der Waals surface area (Å²) in [5.41, 5.74) is 8.67. The number of aliphatic imine (C=N–C) groups is 1. The Morgan fingerprint density at radius 2 is 1.95 bits per heavy atom. The van der Waals surface area contributed by atoms with Crippen molar-refractivity contribution in [1.29, 1.82) is 0 Å². The summed E-state index contributed by atoms with van der Waals surface area (Å²) in [5.74, 6) is 6.39. The molecule has 0 saturated heterocycles. The highest BCUT2D eigenvalue weighted by atomic mass is 14.7. The third-order valence-corrected chi connectivity index (χ3v) is 5.76. The molecule has 2 aliphatic rings.